The van der Waals surface area contributed by atoms with E-state index in [1.165, 1.54) is 25.2 Å². The van der Waals surface area contributed by atoms with Crippen LogP contribution in [-0.2, 0) is 0 Å². The fourth-order valence-corrected chi connectivity index (χ4v) is 2.09. The third-order valence-electron chi connectivity index (χ3n) is 3.21. The number of carboxylic acids is 1. The molecule has 0 aromatic carbocycles. The zero-order chi connectivity index (χ0) is 13.0. The van der Waals surface area contributed by atoms with E-state index in [9.17, 15) is 4.79 Å². The summed E-state index contributed by atoms with van der Waals surface area (Å²) in [6, 6.07) is 0.452. The van der Waals surface area contributed by atoms with Gasteiger partial charge in [0, 0.05) is 12.6 Å². The van der Waals surface area contributed by atoms with Crippen LogP contribution in [0.5, 0.6) is 0 Å². The summed E-state index contributed by atoms with van der Waals surface area (Å²) < 4.78 is 0. The Balaban J connectivity index is 1.84. The molecule has 1 saturated heterocycles. The van der Waals surface area contributed by atoms with Crippen molar-refractivity contribution in [2.45, 2.75) is 25.8 Å². The summed E-state index contributed by atoms with van der Waals surface area (Å²) in [6.45, 7) is 5.29. The maximum Gasteiger partial charge on any atom is 0.356 e. The molecule has 6 heteroatoms. The predicted octanol–water partition coefficient (Wildman–Crippen LogP) is 1.07. The molecule has 1 aliphatic heterocycles. The fourth-order valence-electron chi connectivity index (χ4n) is 2.09. The highest BCUT2D eigenvalue weighted by atomic mass is 16.4. The molecule has 1 aromatic heterocycles. The molecule has 6 nitrogen and oxygen atoms in total. The molecule has 2 heterocycles. The van der Waals surface area contributed by atoms with Gasteiger partial charge in [0.05, 0.1) is 12.4 Å². The van der Waals surface area contributed by atoms with Gasteiger partial charge in [-0.2, -0.15) is 0 Å². The molecule has 18 heavy (non-hydrogen) atoms. The van der Waals surface area contributed by atoms with Crippen LogP contribution in [0, 0.1) is 0 Å². The maximum atomic E-state index is 10.6. The van der Waals surface area contributed by atoms with Crippen LogP contribution in [0.2, 0.25) is 0 Å². The zero-order valence-corrected chi connectivity index (χ0v) is 10.5. The summed E-state index contributed by atoms with van der Waals surface area (Å²) in [7, 11) is 0. The van der Waals surface area contributed by atoms with Gasteiger partial charge >= 0.3 is 5.97 Å². The zero-order valence-electron chi connectivity index (χ0n) is 10.5. The van der Waals surface area contributed by atoms with E-state index in [2.05, 4.69) is 27.1 Å². The molecule has 0 aliphatic carbocycles. The van der Waals surface area contributed by atoms with Crippen LogP contribution in [0.15, 0.2) is 12.4 Å². The van der Waals surface area contributed by atoms with E-state index in [1.807, 2.05) is 0 Å². The number of likely N-dealkylation sites (tertiary alicyclic amines) is 1. The molecule has 0 spiro atoms. The number of carbonyl (C=O) groups is 1. The van der Waals surface area contributed by atoms with Gasteiger partial charge in [-0.05, 0) is 32.9 Å². The third-order valence-corrected chi connectivity index (χ3v) is 3.21. The Labute approximate surface area is 106 Å². The van der Waals surface area contributed by atoms with E-state index in [0.29, 0.717) is 11.9 Å². The first-order valence-electron chi connectivity index (χ1n) is 6.20. The van der Waals surface area contributed by atoms with Crippen molar-refractivity contribution in [2.75, 3.05) is 25.0 Å². The fraction of sp³-hybridized carbons (Fsp3) is 0.583. The minimum Gasteiger partial charge on any atom is -0.476 e. The number of rotatable bonds is 5. The van der Waals surface area contributed by atoms with Crippen LogP contribution in [-0.4, -0.2) is 51.6 Å². The van der Waals surface area contributed by atoms with Crippen molar-refractivity contribution in [3.63, 3.8) is 0 Å². The van der Waals surface area contributed by atoms with Gasteiger partial charge in [-0.3, -0.25) is 4.90 Å². The molecule has 2 rings (SSSR count). The van der Waals surface area contributed by atoms with Gasteiger partial charge in [-0.1, -0.05) is 0 Å². The summed E-state index contributed by atoms with van der Waals surface area (Å²) in [4.78, 5) is 20.9. The quantitative estimate of drug-likeness (QED) is 0.814. The average Bonchev–Trinajstić information content (AvgIpc) is 2.90. The molecule has 0 saturated carbocycles. The molecule has 1 fully saturated rings. The normalized spacial score (nSPS) is 17.6. The lowest BCUT2D eigenvalue weighted by Gasteiger charge is -2.23. The molecule has 0 bridgehead atoms. The van der Waals surface area contributed by atoms with Crippen molar-refractivity contribution in [3.05, 3.63) is 18.1 Å². The summed E-state index contributed by atoms with van der Waals surface area (Å²) >= 11 is 0. The first-order chi connectivity index (χ1) is 8.66. The van der Waals surface area contributed by atoms with E-state index in [0.717, 1.165) is 19.6 Å². The first kappa shape index (κ1) is 12.8. The highest BCUT2D eigenvalue weighted by Crippen LogP contribution is 2.12. The molecule has 1 aromatic rings. The Bertz CT molecular complexity index is 401. The van der Waals surface area contributed by atoms with Gasteiger partial charge < -0.3 is 10.4 Å². The van der Waals surface area contributed by atoms with Crippen LogP contribution in [0.3, 0.4) is 0 Å². The monoisotopic (exact) mass is 250 g/mol. The van der Waals surface area contributed by atoms with E-state index < -0.39 is 5.97 Å². The molecule has 0 amide bonds. The van der Waals surface area contributed by atoms with Gasteiger partial charge in [-0.25, -0.2) is 14.8 Å². The van der Waals surface area contributed by atoms with E-state index in [4.69, 9.17) is 5.11 Å². The van der Waals surface area contributed by atoms with Crippen LogP contribution in [0.4, 0.5) is 5.82 Å². The number of anilines is 1. The molecular formula is C12H18N4O2. The largest absolute Gasteiger partial charge is 0.476 e. The average molecular weight is 250 g/mol. The van der Waals surface area contributed by atoms with E-state index in [1.54, 1.807) is 0 Å². The first-order valence-corrected chi connectivity index (χ1v) is 6.20. The summed E-state index contributed by atoms with van der Waals surface area (Å²) in [5.74, 6) is -0.439. The minimum absolute atomic E-state index is 0.0341. The van der Waals surface area contributed by atoms with Crippen LogP contribution < -0.4 is 5.32 Å². The van der Waals surface area contributed by atoms with Gasteiger partial charge in [0.1, 0.15) is 5.82 Å². The van der Waals surface area contributed by atoms with Gasteiger partial charge in [0.25, 0.3) is 0 Å². The Hall–Kier alpha value is -1.69. The van der Waals surface area contributed by atoms with Crippen molar-refractivity contribution in [1.82, 2.24) is 14.9 Å². The lowest BCUT2D eigenvalue weighted by Crippen LogP contribution is -2.35. The summed E-state index contributed by atoms with van der Waals surface area (Å²) in [6.07, 6.45) is 5.28. The van der Waals surface area contributed by atoms with E-state index >= 15 is 0 Å². The summed E-state index contributed by atoms with van der Waals surface area (Å²) in [5, 5.41) is 11.9. The predicted molar refractivity (Wildman–Crippen MR) is 67.8 cm³/mol. The number of hydrogen-bond acceptors (Lipinski definition) is 5. The van der Waals surface area contributed by atoms with Crippen molar-refractivity contribution < 1.29 is 9.90 Å². The molecule has 2 N–H and O–H groups in total. The second-order valence-corrected chi connectivity index (χ2v) is 4.57. The molecule has 98 valence electrons. The van der Waals surface area contributed by atoms with Crippen molar-refractivity contribution >= 4 is 11.8 Å². The SMILES string of the molecule is CC(CNc1cnc(C(=O)O)cn1)N1CCCC1. The van der Waals surface area contributed by atoms with Crippen LogP contribution in [0.25, 0.3) is 0 Å². The standard InChI is InChI=1S/C12H18N4O2/c1-9(16-4-2-3-5-16)6-14-11-8-13-10(7-15-11)12(17)18/h7-9H,2-6H2,1H3,(H,14,15)(H,17,18). The highest BCUT2D eigenvalue weighted by Gasteiger charge is 2.17. The number of hydrogen-bond donors (Lipinski definition) is 2. The molecule has 1 atom stereocenters. The Morgan fingerprint density at radius 2 is 2.17 bits per heavy atom. The minimum atomic E-state index is -1.06. The Morgan fingerprint density at radius 1 is 1.44 bits per heavy atom. The van der Waals surface area contributed by atoms with Crippen molar-refractivity contribution in [2.24, 2.45) is 0 Å². The number of aromatic carboxylic acids is 1. The summed E-state index contributed by atoms with van der Waals surface area (Å²) in [5.41, 5.74) is -0.0341. The Kier molecular flexibility index (Phi) is 4.09. The second-order valence-electron chi connectivity index (χ2n) is 4.57. The van der Waals surface area contributed by atoms with E-state index in [-0.39, 0.29) is 5.69 Å². The van der Waals surface area contributed by atoms with Crippen LogP contribution in [0.1, 0.15) is 30.3 Å². The van der Waals surface area contributed by atoms with Gasteiger partial charge in [0.2, 0.25) is 0 Å². The number of nitrogens with one attached hydrogen (secondary N) is 1. The van der Waals surface area contributed by atoms with Gasteiger partial charge in [-0.15, -0.1) is 0 Å². The number of carboxylic acid groups (broad SMARTS) is 1. The van der Waals surface area contributed by atoms with Crippen molar-refractivity contribution in [3.8, 4) is 0 Å². The molecule has 0 radical (unpaired) electrons. The lowest BCUT2D eigenvalue weighted by atomic mass is 10.3. The van der Waals surface area contributed by atoms with Crippen molar-refractivity contribution in [1.29, 1.82) is 0 Å². The topological polar surface area (TPSA) is 78.3 Å². The van der Waals surface area contributed by atoms with Gasteiger partial charge in [0.15, 0.2) is 5.69 Å². The van der Waals surface area contributed by atoms with Crippen LogP contribution >= 0.6 is 0 Å². The molecular weight excluding hydrogens is 232 g/mol. The number of nitrogens with zero attached hydrogens (tertiary/aromatic N) is 3. The lowest BCUT2D eigenvalue weighted by molar-refractivity contribution is 0.0690. The highest BCUT2D eigenvalue weighted by molar-refractivity contribution is 5.84. The molecule has 1 aliphatic rings. The smallest absolute Gasteiger partial charge is 0.356 e. The second kappa shape index (κ2) is 5.77. The number of aromatic nitrogens is 2. The Morgan fingerprint density at radius 3 is 2.72 bits per heavy atom. The maximum absolute atomic E-state index is 10.6. The third kappa shape index (κ3) is 3.16. The molecule has 1 unspecified atom stereocenters.